The van der Waals surface area contributed by atoms with E-state index in [-0.39, 0.29) is 0 Å². The fraction of sp³-hybridized carbons (Fsp3) is 0.222. The Morgan fingerprint density at radius 1 is 1.54 bits per heavy atom. The zero-order chi connectivity index (χ0) is 9.84. The molecule has 0 aliphatic rings. The summed E-state index contributed by atoms with van der Waals surface area (Å²) in [4.78, 5) is 11.6. The molecule has 1 aromatic rings. The molecule has 0 bridgehead atoms. The van der Waals surface area contributed by atoms with E-state index in [1.807, 2.05) is 24.3 Å². The third-order valence-corrected chi connectivity index (χ3v) is 3.96. The first kappa shape index (κ1) is 10.8. The van der Waals surface area contributed by atoms with Gasteiger partial charge in [0.15, 0.2) is 0 Å². The summed E-state index contributed by atoms with van der Waals surface area (Å²) in [6.45, 7) is 1.69. The lowest BCUT2D eigenvalue weighted by molar-refractivity contribution is -0.136. The molecule has 0 radical (unpaired) electrons. The van der Waals surface area contributed by atoms with E-state index < -0.39 is 11.2 Å². The van der Waals surface area contributed by atoms with E-state index in [4.69, 9.17) is 5.11 Å². The smallest absolute Gasteiger partial charge is 0.316 e. The minimum Gasteiger partial charge on any atom is -0.480 e. The number of thioether (sulfide) groups is 1. The average Bonchev–Trinajstić information content (AvgIpc) is 2.08. The highest BCUT2D eigenvalue weighted by Gasteiger charge is 2.13. The van der Waals surface area contributed by atoms with Crippen LogP contribution in [0.3, 0.4) is 0 Å². The molecule has 1 unspecified atom stereocenters. The number of aliphatic carboxylic acids is 1. The predicted molar refractivity (Wildman–Crippen MR) is 62.1 cm³/mol. The van der Waals surface area contributed by atoms with Gasteiger partial charge < -0.3 is 5.11 Å². The van der Waals surface area contributed by atoms with Crippen LogP contribution >= 0.6 is 34.4 Å². The summed E-state index contributed by atoms with van der Waals surface area (Å²) < 4.78 is 1.10. The first-order valence-corrected chi connectivity index (χ1v) is 5.71. The second-order valence-electron chi connectivity index (χ2n) is 2.53. The van der Waals surface area contributed by atoms with Crippen LogP contribution in [0.2, 0.25) is 0 Å². The fourth-order valence-corrected chi connectivity index (χ4v) is 2.37. The Morgan fingerprint density at radius 2 is 2.15 bits per heavy atom. The Balaban J connectivity index is 2.74. The Labute approximate surface area is 94.9 Å². The van der Waals surface area contributed by atoms with Crippen molar-refractivity contribution in [1.29, 1.82) is 0 Å². The van der Waals surface area contributed by atoms with E-state index in [1.54, 1.807) is 6.92 Å². The molecule has 0 saturated heterocycles. The minimum absolute atomic E-state index is 0.393. The molecule has 1 rings (SSSR count). The van der Waals surface area contributed by atoms with Crippen LogP contribution in [-0.4, -0.2) is 16.3 Å². The molecule has 0 spiro atoms. The summed E-state index contributed by atoms with van der Waals surface area (Å²) in [5.41, 5.74) is 0. The van der Waals surface area contributed by atoms with Gasteiger partial charge in [-0.15, -0.1) is 11.8 Å². The number of rotatable bonds is 3. The maximum absolute atomic E-state index is 10.6. The highest BCUT2D eigenvalue weighted by atomic mass is 127. The van der Waals surface area contributed by atoms with Gasteiger partial charge in [-0.2, -0.15) is 0 Å². The van der Waals surface area contributed by atoms with Crippen molar-refractivity contribution in [3.8, 4) is 0 Å². The normalized spacial score (nSPS) is 12.5. The van der Waals surface area contributed by atoms with E-state index in [0.29, 0.717) is 0 Å². The van der Waals surface area contributed by atoms with Crippen LogP contribution in [0.5, 0.6) is 0 Å². The molecule has 1 N–H and O–H groups in total. The molecule has 1 aromatic carbocycles. The summed E-state index contributed by atoms with van der Waals surface area (Å²) >= 11 is 3.57. The molecule has 13 heavy (non-hydrogen) atoms. The third kappa shape index (κ3) is 3.19. The van der Waals surface area contributed by atoms with Gasteiger partial charge in [0, 0.05) is 8.47 Å². The number of carbonyl (C=O) groups is 1. The van der Waals surface area contributed by atoms with Gasteiger partial charge >= 0.3 is 5.97 Å². The molecule has 0 saturated carbocycles. The summed E-state index contributed by atoms with van der Waals surface area (Å²) in [6.07, 6.45) is 0. The summed E-state index contributed by atoms with van der Waals surface area (Å²) in [7, 11) is 0. The van der Waals surface area contributed by atoms with Crippen LogP contribution in [-0.2, 0) is 4.79 Å². The van der Waals surface area contributed by atoms with E-state index in [2.05, 4.69) is 22.6 Å². The van der Waals surface area contributed by atoms with Crippen LogP contribution in [0, 0.1) is 3.57 Å². The summed E-state index contributed by atoms with van der Waals surface area (Å²) in [5.74, 6) is -0.773. The number of hydrogen-bond acceptors (Lipinski definition) is 2. The Kier molecular flexibility index (Phi) is 4.05. The first-order chi connectivity index (χ1) is 6.11. The van der Waals surface area contributed by atoms with E-state index >= 15 is 0 Å². The largest absolute Gasteiger partial charge is 0.480 e. The third-order valence-electron chi connectivity index (χ3n) is 1.49. The maximum atomic E-state index is 10.6. The lowest BCUT2D eigenvalue weighted by atomic mass is 10.4. The van der Waals surface area contributed by atoms with Gasteiger partial charge in [0.25, 0.3) is 0 Å². The van der Waals surface area contributed by atoms with Gasteiger partial charge in [-0.3, -0.25) is 4.79 Å². The number of carboxylic acid groups (broad SMARTS) is 1. The average molecular weight is 308 g/mol. The minimum atomic E-state index is -0.773. The van der Waals surface area contributed by atoms with Crippen molar-refractivity contribution in [3.05, 3.63) is 27.8 Å². The molecular formula is C9H9IO2S. The fourth-order valence-electron chi connectivity index (χ4n) is 0.781. The molecule has 0 aliphatic heterocycles. The molecule has 0 aromatic heterocycles. The Bertz CT molecular complexity index is 314. The molecular weight excluding hydrogens is 299 g/mol. The number of halogens is 1. The van der Waals surface area contributed by atoms with Gasteiger partial charge in [-0.05, 0) is 41.6 Å². The van der Waals surface area contributed by atoms with Gasteiger partial charge in [-0.1, -0.05) is 12.1 Å². The molecule has 0 amide bonds. The quantitative estimate of drug-likeness (QED) is 0.689. The number of hydrogen-bond donors (Lipinski definition) is 1. The highest BCUT2D eigenvalue weighted by Crippen LogP contribution is 2.27. The van der Waals surface area contributed by atoms with Crippen LogP contribution in [0.25, 0.3) is 0 Å². The highest BCUT2D eigenvalue weighted by molar-refractivity contribution is 14.1. The second kappa shape index (κ2) is 4.85. The van der Waals surface area contributed by atoms with E-state index in [0.717, 1.165) is 8.47 Å². The van der Waals surface area contributed by atoms with Crippen molar-refractivity contribution >= 4 is 40.3 Å². The van der Waals surface area contributed by atoms with E-state index in [1.165, 1.54) is 11.8 Å². The van der Waals surface area contributed by atoms with Crippen molar-refractivity contribution in [3.63, 3.8) is 0 Å². The Hall–Kier alpha value is -0.230. The summed E-state index contributed by atoms with van der Waals surface area (Å²) in [6, 6.07) is 7.76. The molecule has 0 fully saturated rings. The SMILES string of the molecule is CC(Sc1ccccc1I)C(=O)O. The van der Waals surface area contributed by atoms with Crippen LogP contribution < -0.4 is 0 Å². The second-order valence-corrected chi connectivity index (χ2v) is 5.07. The van der Waals surface area contributed by atoms with Crippen LogP contribution in [0.1, 0.15) is 6.92 Å². The van der Waals surface area contributed by atoms with Crippen molar-refractivity contribution in [2.45, 2.75) is 17.1 Å². The van der Waals surface area contributed by atoms with Gasteiger partial charge in [-0.25, -0.2) is 0 Å². The number of carboxylic acids is 1. The molecule has 2 nitrogen and oxygen atoms in total. The van der Waals surface area contributed by atoms with Crippen molar-refractivity contribution in [1.82, 2.24) is 0 Å². The van der Waals surface area contributed by atoms with E-state index in [9.17, 15) is 4.79 Å². The molecule has 4 heteroatoms. The number of benzene rings is 1. The van der Waals surface area contributed by atoms with Crippen LogP contribution in [0.15, 0.2) is 29.2 Å². The zero-order valence-electron chi connectivity index (χ0n) is 7.03. The van der Waals surface area contributed by atoms with Gasteiger partial charge in [0.1, 0.15) is 5.25 Å². The zero-order valence-corrected chi connectivity index (χ0v) is 10.0. The van der Waals surface area contributed by atoms with Crippen molar-refractivity contribution in [2.24, 2.45) is 0 Å². The monoisotopic (exact) mass is 308 g/mol. The lowest BCUT2D eigenvalue weighted by Gasteiger charge is -2.06. The lowest BCUT2D eigenvalue weighted by Crippen LogP contribution is -2.11. The molecule has 0 aliphatic carbocycles. The molecule has 0 heterocycles. The maximum Gasteiger partial charge on any atom is 0.316 e. The van der Waals surface area contributed by atoms with Crippen molar-refractivity contribution < 1.29 is 9.90 Å². The van der Waals surface area contributed by atoms with Gasteiger partial charge in [0.05, 0.1) is 0 Å². The first-order valence-electron chi connectivity index (χ1n) is 3.75. The molecule has 1 atom stereocenters. The standard InChI is InChI=1S/C9H9IO2S/c1-6(9(11)12)13-8-5-3-2-4-7(8)10/h2-6H,1H3,(H,11,12). The molecule has 70 valence electrons. The van der Waals surface area contributed by atoms with Crippen molar-refractivity contribution in [2.75, 3.05) is 0 Å². The Morgan fingerprint density at radius 3 is 2.69 bits per heavy atom. The van der Waals surface area contributed by atoms with Crippen LogP contribution in [0.4, 0.5) is 0 Å². The topological polar surface area (TPSA) is 37.3 Å². The summed E-state index contributed by atoms with van der Waals surface area (Å²) in [5, 5.41) is 8.32. The predicted octanol–water partition coefficient (Wildman–Crippen LogP) is 2.86. The van der Waals surface area contributed by atoms with Gasteiger partial charge in [0.2, 0.25) is 0 Å².